The van der Waals surface area contributed by atoms with E-state index in [0.29, 0.717) is 16.9 Å². The summed E-state index contributed by atoms with van der Waals surface area (Å²) in [5.74, 6) is 0.692. The Morgan fingerprint density at radius 3 is 2.50 bits per heavy atom. The van der Waals surface area contributed by atoms with Gasteiger partial charge in [-0.1, -0.05) is 18.2 Å². The van der Waals surface area contributed by atoms with E-state index < -0.39 is 11.2 Å². The number of nitrogens with zero attached hydrogens (tertiary/aromatic N) is 6. The first-order chi connectivity index (χ1) is 14.5. The fourth-order valence-corrected chi connectivity index (χ4v) is 4.30. The average molecular weight is 407 g/mol. The molecule has 156 valence electrons. The molecular formula is C21H25N7O2. The van der Waals surface area contributed by atoms with Crippen LogP contribution in [0.2, 0.25) is 0 Å². The van der Waals surface area contributed by atoms with Crippen molar-refractivity contribution in [2.45, 2.75) is 13.5 Å². The molecular weight excluding hydrogens is 382 g/mol. The van der Waals surface area contributed by atoms with Crippen molar-refractivity contribution in [3.63, 3.8) is 0 Å². The summed E-state index contributed by atoms with van der Waals surface area (Å²) in [7, 11) is 1.62. The Balaban J connectivity index is 1.35. The molecule has 0 radical (unpaired) electrons. The minimum absolute atomic E-state index is 0.406. The number of benzene rings is 1. The highest BCUT2D eigenvalue weighted by Crippen LogP contribution is 2.18. The molecule has 0 bridgehead atoms. The van der Waals surface area contributed by atoms with Crippen LogP contribution in [0.15, 0.2) is 46.1 Å². The van der Waals surface area contributed by atoms with E-state index in [1.165, 1.54) is 10.3 Å². The van der Waals surface area contributed by atoms with Crippen LogP contribution in [0.1, 0.15) is 5.69 Å². The Kier molecular flexibility index (Phi) is 4.47. The van der Waals surface area contributed by atoms with E-state index in [-0.39, 0.29) is 0 Å². The summed E-state index contributed by atoms with van der Waals surface area (Å²) in [6, 6.07) is 10.5. The maximum Gasteiger partial charge on any atom is 0.329 e. The third-order valence-electron chi connectivity index (χ3n) is 6.05. The fraction of sp³-hybridized carbons (Fsp3) is 0.381. The van der Waals surface area contributed by atoms with Gasteiger partial charge in [0.2, 0.25) is 5.78 Å². The van der Waals surface area contributed by atoms with E-state index in [2.05, 4.69) is 48.6 Å². The van der Waals surface area contributed by atoms with E-state index in [4.69, 9.17) is 0 Å². The van der Waals surface area contributed by atoms with Crippen molar-refractivity contribution >= 4 is 22.6 Å². The Morgan fingerprint density at radius 1 is 1.03 bits per heavy atom. The molecule has 9 heteroatoms. The summed E-state index contributed by atoms with van der Waals surface area (Å²) in [5.41, 5.74) is 2.27. The quantitative estimate of drug-likeness (QED) is 0.541. The van der Waals surface area contributed by atoms with Gasteiger partial charge in [-0.15, -0.1) is 0 Å². The normalized spacial score (nSPS) is 15.5. The number of fused-ring (bicyclic) bond motifs is 3. The third kappa shape index (κ3) is 3.02. The van der Waals surface area contributed by atoms with Crippen LogP contribution in [0.4, 0.5) is 5.69 Å². The van der Waals surface area contributed by atoms with Crippen LogP contribution in [0.3, 0.4) is 0 Å². The Hall–Kier alpha value is -3.33. The van der Waals surface area contributed by atoms with E-state index in [9.17, 15) is 9.59 Å². The number of aromatic nitrogens is 5. The summed E-state index contributed by atoms with van der Waals surface area (Å²) >= 11 is 0. The summed E-state index contributed by atoms with van der Waals surface area (Å²) in [6.45, 7) is 7.75. The summed E-state index contributed by atoms with van der Waals surface area (Å²) in [6.07, 6.45) is 1.91. The van der Waals surface area contributed by atoms with Crippen molar-refractivity contribution < 1.29 is 0 Å². The number of anilines is 1. The molecule has 0 spiro atoms. The predicted molar refractivity (Wildman–Crippen MR) is 116 cm³/mol. The molecule has 1 aromatic carbocycles. The van der Waals surface area contributed by atoms with Gasteiger partial charge in [0.15, 0.2) is 11.2 Å². The molecule has 0 aliphatic carbocycles. The minimum Gasteiger partial charge on any atom is -0.369 e. The largest absolute Gasteiger partial charge is 0.369 e. The molecule has 0 unspecified atom stereocenters. The highest BCUT2D eigenvalue weighted by atomic mass is 16.2. The average Bonchev–Trinajstić information content (AvgIpc) is 3.27. The smallest absolute Gasteiger partial charge is 0.329 e. The molecule has 0 saturated carbocycles. The van der Waals surface area contributed by atoms with Crippen molar-refractivity contribution in [3.05, 3.63) is 63.1 Å². The number of hydrogen-bond acceptors (Lipinski definition) is 5. The standard InChI is InChI=1S/C21H25N7O2/c1-15-14-28-17-18(24(2)21(30)23-19(17)29)22-20(28)27(15)13-10-25-8-11-26(12-9-25)16-6-4-3-5-7-16/h3-7,14H,8-13H2,1-2H3,(H,23,29,30). The highest BCUT2D eigenvalue weighted by Gasteiger charge is 2.20. The van der Waals surface area contributed by atoms with Crippen LogP contribution < -0.4 is 16.1 Å². The minimum atomic E-state index is -0.451. The second kappa shape index (κ2) is 7.17. The molecule has 3 aromatic heterocycles. The van der Waals surface area contributed by atoms with Gasteiger partial charge in [-0.05, 0) is 19.1 Å². The second-order valence-electron chi connectivity index (χ2n) is 7.86. The molecule has 1 aliphatic rings. The molecule has 0 amide bonds. The highest BCUT2D eigenvalue weighted by molar-refractivity contribution is 5.75. The first-order valence-corrected chi connectivity index (χ1v) is 10.2. The number of imidazole rings is 2. The summed E-state index contributed by atoms with van der Waals surface area (Å²) in [5, 5.41) is 0. The molecule has 1 fully saturated rings. The number of aryl methyl sites for hydroxylation is 2. The van der Waals surface area contributed by atoms with Gasteiger partial charge in [-0.2, -0.15) is 4.98 Å². The summed E-state index contributed by atoms with van der Waals surface area (Å²) < 4.78 is 5.29. The molecule has 9 nitrogen and oxygen atoms in total. The molecule has 1 saturated heterocycles. The molecule has 0 atom stereocenters. The number of aromatic amines is 1. The number of para-hydroxylation sites is 1. The zero-order chi connectivity index (χ0) is 20.8. The van der Waals surface area contributed by atoms with Crippen LogP contribution in [-0.2, 0) is 13.6 Å². The number of piperazine rings is 1. The van der Waals surface area contributed by atoms with Crippen LogP contribution in [0.5, 0.6) is 0 Å². The van der Waals surface area contributed by atoms with Gasteiger partial charge in [0, 0.05) is 63.9 Å². The number of hydrogen-bond donors (Lipinski definition) is 1. The van der Waals surface area contributed by atoms with Crippen molar-refractivity contribution in [3.8, 4) is 0 Å². The van der Waals surface area contributed by atoms with Crippen LogP contribution in [-0.4, -0.2) is 61.1 Å². The Bertz CT molecular complexity index is 1320. The molecule has 1 aliphatic heterocycles. The van der Waals surface area contributed by atoms with E-state index in [0.717, 1.165) is 45.0 Å². The van der Waals surface area contributed by atoms with Crippen LogP contribution >= 0.6 is 0 Å². The lowest BCUT2D eigenvalue weighted by Gasteiger charge is -2.36. The zero-order valence-electron chi connectivity index (χ0n) is 17.2. The summed E-state index contributed by atoms with van der Waals surface area (Å²) in [4.78, 5) is 36.1. The first-order valence-electron chi connectivity index (χ1n) is 10.2. The number of rotatable bonds is 4. The van der Waals surface area contributed by atoms with Crippen molar-refractivity contribution in [1.29, 1.82) is 0 Å². The predicted octanol–water partition coefficient (Wildman–Crippen LogP) is 0.807. The third-order valence-corrected chi connectivity index (χ3v) is 6.05. The molecule has 4 aromatic rings. The van der Waals surface area contributed by atoms with E-state index >= 15 is 0 Å². The van der Waals surface area contributed by atoms with Gasteiger partial charge in [-0.3, -0.25) is 23.6 Å². The van der Waals surface area contributed by atoms with Crippen molar-refractivity contribution in [1.82, 2.24) is 28.4 Å². The number of H-pyrrole nitrogens is 1. The lowest BCUT2D eigenvalue weighted by molar-refractivity contribution is 0.248. The van der Waals surface area contributed by atoms with Gasteiger partial charge in [0.1, 0.15) is 0 Å². The van der Waals surface area contributed by atoms with Gasteiger partial charge >= 0.3 is 5.69 Å². The molecule has 5 rings (SSSR count). The van der Waals surface area contributed by atoms with E-state index in [1.54, 1.807) is 11.4 Å². The fourth-order valence-electron chi connectivity index (χ4n) is 4.30. The first kappa shape index (κ1) is 18.7. The maximum atomic E-state index is 12.3. The van der Waals surface area contributed by atoms with Gasteiger partial charge in [-0.25, -0.2) is 4.79 Å². The van der Waals surface area contributed by atoms with Gasteiger partial charge in [0.05, 0.1) is 0 Å². The lowest BCUT2D eigenvalue weighted by Crippen LogP contribution is -2.47. The zero-order valence-corrected chi connectivity index (χ0v) is 17.2. The van der Waals surface area contributed by atoms with Crippen LogP contribution in [0.25, 0.3) is 16.9 Å². The number of nitrogens with one attached hydrogen (secondary N) is 1. The topological polar surface area (TPSA) is 83.6 Å². The Morgan fingerprint density at radius 2 is 1.77 bits per heavy atom. The van der Waals surface area contributed by atoms with Crippen LogP contribution in [0, 0.1) is 6.92 Å². The van der Waals surface area contributed by atoms with Gasteiger partial charge in [0.25, 0.3) is 5.56 Å². The SMILES string of the molecule is Cc1cn2c3c(=O)[nH]c(=O)n(C)c3nc2n1CCN1CCN(c2ccccc2)CC1. The Labute approximate surface area is 172 Å². The molecule has 30 heavy (non-hydrogen) atoms. The molecule has 1 N–H and O–H groups in total. The second-order valence-corrected chi connectivity index (χ2v) is 7.86. The van der Waals surface area contributed by atoms with Crippen molar-refractivity contribution in [2.75, 3.05) is 37.6 Å². The maximum absolute atomic E-state index is 12.3. The van der Waals surface area contributed by atoms with Crippen molar-refractivity contribution in [2.24, 2.45) is 7.05 Å². The van der Waals surface area contributed by atoms with Gasteiger partial charge < -0.3 is 9.47 Å². The molecule has 4 heterocycles. The lowest BCUT2D eigenvalue weighted by atomic mass is 10.2. The monoisotopic (exact) mass is 407 g/mol. The van der Waals surface area contributed by atoms with E-state index in [1.807, 2.05) is 19.2 Å².